The molecule has 114 valence electrons. The third kappa shape index (κ3) is 2.30. The van der Waals surface area contributed by atoms with Gasteiger partial charge in [-0.15, -0.1) is 5.10 Å². The molecule has 0 atom stereocenters. The van der Waals surface area contributed by atoms with Gasteiger partial charge in [0.2, 0.25) is 5.95 Å². The van der Waals surface area contributed by atoms with E-state index in [1.807, 2.05) is 6.07 Å². The van der Waals surface area contributed by atoms with Gasteiger partial charge in [-0.05, 0) is 29.8 Å². The second-order valence-electron chi connectivity index (χ2n) is 4.93. The molecule has 0 spiro atoms. The largest absolute Gasteiger partial charge is 0.463 e. The normalized spacial score (nSPS) is 11.2. The summed E-state index contributed by atoms with van der Waals surface area (Å²) in [7, 11) is 0. The number of hydrogen-bond acceptors (Lipinski definition) is 7. The van der Waals surface area contributed by atoms with Gasteiger partial charge in [-0.2, -0.15) is 9.67 Å². The quantitative estimate of drug-likeness (QED) is 0.589. The SMILES string of the molecule is Nc1nc(-c2ccco2)cc(-n2nnc3cc(CO)ccc32)n1. The van der Waals surface area contributed by atoms with Crippen molar-refractivity contribution in [3.05, 3.63) is 48.2 Å². The molecule has 3 aromatic heterocycles. The molecule has 0 saturated carbocycles. The molecule has 0 saturated heterocycles. The van der Waals surface area contributed by atoms with Gasteiger partial charge in [0.1, 0.15) is 11.2 Å². The van der Waals surface area contributed by atoms with Gasteiger partial charge in [0.25, 0.3) is 0 Å². The topological polar surface area (TPSA) is 116 Å². The molecular formula is C15H12N6O2. The van der Waals surface area contributed by atoms with Gasteiger partial charge < -0.3 is 15.3 Å². The molecule has 3 heterocycles. The molecule has 4 rings (SSSR count). The number of hydrogen-bond donors (Lipinski definition) is 2. The van der Waals surface area contributed by atoms with Crippen molar-refractivity contribution in [2.45, 2.75) is 6.61 Å². The molecule has 1 aromatic carbocycles. The summed E-state index contributed by atoms with van der Waals surface area (Å²) in [5.41, 5.74) is 8.55. The van der Waals surface area contributed by atoms with E-state index in [-0.39, 0.29) is 12.6 Å². The molecule has 0 aliphatic heterocycles. The van der Waals surface area contributed by atoms with Crippen LogP contribution >= 0.6 is 0 Å². The zero-order chi connectivity index (χ0) is 15.8. The van der Waals surface area contributed by atoms with Crippen LogP contribution in [0.3, 0.4) is 0 Å². The van der Waals surface area contributed by atoms with E-state index in [0.717, 1.165) is 11.1 Å². The molecule has 8 nitrogen and oxygen atoms in total. The smallest absolute Gasteiger partial charge is 0.222 e. The highest BCUT2D eigenvalue weighted by Crippen LogP contribution is 2.22. The zero-order valence-electron chi connectivity index (χ0n) is 11.9. The Morgan fingerprint density at radius 2 is 2.09 bits per heavy atom. The summed E-state index contributed by atoms with van der Waals surface area (Å²) >= 11 is 0. The lowest BCUT2D eigenvalue weighted by Gasteiger charge is -2.05. The highest BCUT2D eigenvalue weighted by atomic mass is 16.3. The number of benzene rings is 1. The minimum atomic E-state index is -0.0497. The van der Waals surface area contributed by atoms with Crippen LogP contribution in [0, 0.1) is 0 Å². The highest BCUT2D eigenvalue weighted by molar-refractivity contribution is 5.77. The second kappa shape index (κ2) is 5.18. The van der Waals surface area contributed by atoms with Crippen LogP contribution in [0.4, 0.5) is 5.95 Å². The first kappa shape index (κ1) is 13.4. The van der Waals surface area contributed by atoms with Crippen molar-refractivity contribution >= 4 is 17.0 Å². The Bertz CT molecular complexity index is 977. The number of nitrogens with two attached hydrogens (primary N) is 1. The van der Waals surface area contributed by atoms with Crippen LogP contribution < -0.4 is 5.73 Å². The lowest BCUT2D eigenvalue weighted by atomic mass is 10.2. The molecule has 0 aliphatic carbocycles. The minimum absolute atomic E-state index is 0.0497. The van der Waals surface area contributed by atoms with Crippen LogP contribution in [-0.2, 0) is 6.61 Å². The minimum Gasteiger partial charge on any atom is -0.463 e. The van der Waals surface area contributed by atoms with Crippen molar-refractivity contribution < 1.29 is 9.52 Å². The van der Waals surface area contributed by atoms with Crippen molar-refractivity contribution in [3.8, 4) is 17.3 Å². The standard InChI is InChI=1S/C15H12N6O2/c16-15-17-11(13-2-1-5-23-13)7-14(18-15)21-12-4-3-9(8-22)6-10(12)19-20-21/h1-7,22H,8H2,(H2,16,17,18). The van der Waals surface area contributed by atoms with Gasteiger partial charge in [-0.1, -0.05) is 11.3 Å². The van der Waals surface area contributed by atoms with E-state index in [9.17, 15) is 5.11 Å². The molecule has 23 heavy (non-hydrogen) atoms. The summed E-state index contributed by atoms with van der Waals surface area (Å²) in [6.45, 7) is -0.0497. The fraction of sp³-hybridized carbons (Fsp3) is 0.0667. The molecule has 0 unspecified atom stereocenters. The van der Waals surface area contributed by atoms with Crippen molar-refractivity contribution in [2.24, 2.45) is 0 Å². The number of aliphatic hydroxyl groups is 1. The van der Waals surface area contributed by atoms with Crippen LogP contribution in [0.2, 0.25) is 0 Å². The zero-order valence-corrected chi connectivity index (χ0v) is 11.9. The van der Waals surface area contributed by atoms with Gasteiger partial charge in [0, 0.05) is 6.07 Å². The summed E-state index contributed by atoms with van der Waals surface area (Å²) in [6.07, 6.45) is 1.56. The highest BCUT2D eigenvalue weighted by Gasteiger charge is 2.12. The molecule has 0 aliphatic rings. The summed E-state index contributed by atoms with van der Waals surface area (Å²) in [5, 5.41) is 17.4. The van der Waals surface area contributed by atoms with Crippen LogP contribution in [-0.4, -0.2) is 30.1 Å². The van der Waals surface area contributed by atoms with Crippen LogP contribution in [0.25, 0.3) is 28.3 Å². The van der Waals surface area contributed by atoms with Gasteiger partial charge >= 0.3 is 0 Å². The van der Waals surface area contributed by atoms with Crippen molar-refractivity contribution in [1.29, 1.82) is 0 Å². The number of anilines is 1. The third-order valence-corrected chi connectivity index (χ3v) is 3.41. The number of aliphatic hydroxyl groups excluding tert-OH is 1. The van der Waals surface area contributed by atoms with Crippen LogP contribution in [0.1, 0.15) is 5.56 Å². The molecule has 0 bridgehead atoms. The molecule has 4 aromatic rings. The molecule has 0 radical (unpaired) electrons. The van der Waals surface area contributed by atoms with Crippen molar-refractivity contribution in [1.82, 2.24) is 25.0 Å². The van der Waals surface area contributed by atoms with E-state index in [1.54, 1.807) is 41.3 Å². The van der Waals surface area contributed by atoms with Gasteiger partial charge in [0.15, 0.2) is 11.6 Å². The average Bonchev–Trinajstić information content (AvgIpc) is 3.23. The number of nitrogens with zero attached hydrogens (tertiary/aromatic N) is 5. The van der Waals surface area contributed by atoms with Gasteiger partial charge in [0.05, 0.1) is 18.4 Å². The summed E-state index contributed by atoms with van der Waals surface area (Å²) in [4.78, 5) is 8.39. The Morgan fingerprint density at radius 3 is 2.87 bits per heavy atom. The van der Waals surface area contributed by atoms with Crippen LogP contribution in [0.15, 0.2) is 47.1 Å². The average molecular weight is 308 g/mol. The maximum absolute atomic E-state index is 9.20. The first-order valence-electron chi connectivity index (χ1n) is 6.88. The van der Waals surface area contributed by atoms with E-state index in [0.29, 0.717) is 22.8 Å². The van der Waals surface area contributed by atoms with E-state index in [2.05, 4.69) is 20.3 Å². The van der Waals surface area contributed by atoms with Crippen LogP contribution in [0.5, 0.6) is 0 Å². The summed E-state index contributed by atoms with van der Waals surface area (Å²) < 4.78 is 6.92. The maximum Gasteiger partial charge on any atom is 0.222 e. The molecule has 3 N–H and O–H groups in total. The fourth-order valence-corrected chi connectivity index (χ4v) is 2.35. The number of rotatable bonds is 3. The monoisotopic (exact) mass is 308 g/mol. The molecule has 0 amide bonds. The fourth-order valence-electron chi connectivity index (χ4n) is 2.35. The number of aromatic nitrogens is 5. The molecular weight excluding hydrogens is 296 g/mol. The Kier molecular flexibility index (Phi) is 3.02. The molecule has 0 fully saturated rings. The first-order valence-corrected chi connectivity index (χ1v) is 6.88. The summed E-state index contributed by atoms with van der Waals surface area (Å²) in [6, 6.07) is 10.7. The summed E-state index contributed by atoms with van der Waals surface area (Å²) in [5.74, 6) is 1.19. The van der Waals surface area contributed by atoms with E-state index in [4.69, 9.17) is 10.2 Å². The number of furan rings is 1. The Hall–Kier alpha value is -3.26. The Morgan fingerprint density at radius 1 is 1.17 bits per heavy atom. The second-order valence-corrected chi connectivity index (χ2v) is 4.93. The maximum atomic E-state index is 9.20. The predicted molar refractivity (Wildman–Crippen MR) is 82.5 cm³/mol. The van der Waals surface area contributed by atoms with E-state index >= 15 is 0 Å². The van der Waals surface area contributed by atoms with E-state index in [1.165, 1.54) is 0 Å². The van der Waals surface area contributed by atoms with Gasteiger partial charge in [-0.25, -0.2) is 4.98 Å². The van der Waals surface area contributed by atoms with Crippen molar-refractivity contribution in [3.63, 3.8) is 0 Å². The lowest BCUT2D eigenvalue weighted by molar-refractivity contribution is 0.282. The molecule has 8 heteroatoms. The Balaban J connectivity index is 1.88. The number of fused-ring (bicyclic) bond motifs is 1. The predicted octanol–water partition coefficient (Wildman–Crippen LogP) is 1.54. The van der Waals surface area contributed by atoms with Gasteiger partial charge in [-0.3, -0.25) is 0 Å². The Labute approximate surface area is 130 Å². The number of nitrogen functional groups attached to an aromatic ring is 1. The lowest BCUT2D eigenvalue weighted by Crippen LogP contribution is -2.05. The first-order chi connectivity index (χ1) is 11.2. The van der Waals surface area contributed by atoms with E-state index < -0.39 is 0 Å². The van der Waals surface area contributed by atoms with Crippen molar-refractivity contribution in [2.75, 3.05) is 5.73 Å². The third-order valence-electron chi connectivity index (χ3n) is 3.41.